The van der Waals surface area contributed by atoms with E-state index in [1.165, 1.54) is 11.1 Å². The quantitative estimate of drug-likeness (QED) is 0.915. The molecule has 4 heterocycles. The molecule has 1 N–H and O–H groups in total. The van der Waals surface area contributed by atoms with Gasteiger partial charge in [0, 0.05) is 25.2 Å². The maximum atomic E-state index is 13.1. The van der Waals surface area contributed by atoms with Gasteiger partial charge in [0.25, 0.3) is 0 Å². The van der Waals surface area contributed by atoms with Gasteiger partial charge in [0.05, 0.1) is 23.1 Å². The lowest BCUT2D eigenvalue weighted by Crippen LogP contribution is -2.42. The molecule has 2 aliphatic heterocycles. The van der Waals surface area contributed by atoms with Gasteiger partial charge in [0.15, 0.2) is 5.69 Å². The lowest BCUT2D eigenvalue weighted by Gasteiger charge is -2.35. The van der Waals surface area contributed by atoms with Gasteiger partial charge in [-0.15, -0.1) is 0 Å². The van der Waals surface area contributed by atoms with Crippen molar-refractivity contribution in [2.75, 3.05) is 0 Å². The first-order valence-corrected chi connectivity index (χ1v) is 8.35. The van der Waals surface area contributed by atoms with Crippen LogP contribution in [0.2, 0.25) is 0 Å². The summed E-state index contributed by atoms with van der Waals surface area (Å²) in [6.07, 6.45) is -0.332. The fourth-order valence-corrected chi connectivity index (χ4v) is 4.02. The first kappa shape index (κ1) is 15.7. The van der Waals surface area contributed by atoms with Gasteiger partial charge in [-0.3, -0.25) is 9.36 Å². The molecule has 0 aliphatic carbocycles. The average molecular weight is 339 g/mol. The summed E-state index contributed by atoms with van der Waals surface area (Å²) in [6, 6.07) is 1.75. The topological polar surface area (TPSA) is 47.7 Å². The molecule has 24 heavy (non-hydrogen) atoms. The maximum Gasteiger partial charge on any atom is 0.435 e. The average Bonchev–Trinajstić information content (AvgIpc) is 3.08. The van der Waals surface area contributed by atoms with E-state index >= 15 is 0 Å². The highest BCUT2D eigenvalue weighted by Crippen LogP contribution is 2.40. The highest BCUT2D eigenvalue weighted by atomic mass is 19.4. The molecule has 2 aromatic heterocycles. The molecule has 0 saturated carbocycles. The summed E-state index contributed by atoms with van der Waals surface area (Å²) in [6.45, 7) is 2.19. The third-order valence-electron chi connectivity index (χ3n) is 5.05. The molecule has 0 amide bonds. The van der Waals surface area contributed by atoms with Crippen LogP contribution in [0, 0.1) is 0 Å². The van der Waals surface area contributed by atoms with Crippen molar-refractivity contribution >= 4 is 0 Å². The zero-order chi connectivity index (χ0) is 17.1. The van der Waals surface area contributed by atoms with Crippen molar-refractivity contribution in [3.05, 3.63) is 23.0 Å². The van der Waals surface area contributed by atoms with Crippen LogP contribution >= 0.6 is 0 Å². The van der Waals surface area contributed by atoms with Crippen LogP contribution in [-0.2, 0) is 26.2 Å². The summed E-state index contributed by atoms with van der Waals surface area (Å²) in [7, 11) is 1.80. The molecule has 8 heteroatoms. The van der Waals surface area contributed by atoms with E-state index < -0.39 is 11.9 Å². The minimum atomic E-state index is -4.44. The standard InChI is InChI=1S/C16H20F3N5/c1-3-24-12(8-13(21-24)16(17,18)19)15-10-7-9-5-4-6-11(20-9)14(10)22-23(15)2/h8-9,11,20H,3-7H2,1-2H3/t9-,11+/m1/s1. The predicted molar refractivity (Wildman–Crippen MR) is 82.3 cm³/mol. The monoisotopic (exact) mass is 339 g/mol. The largest absolute Gasteiger partial charge is 0.435 e. The first-order chi connectivity index (χ1) is 11.4. The number of fused-ring (bicyclic) bond motifs is 4. The van der Waals surface area contributed by atoms with Gasteiger partial charge >= 0.3 is 6.18 Å². The van der Waals surface area contributed by atoms with Gasteiger partial charge in [0.2, 0.25) is 0 Å². The van der Waals surface area contributed by atoms with Crippen LogP contribution in [-0.4, -0.2) is 25.6 Å². The molecule has 1 saturated heterocycles. The van der Waals surface area contributed by atoms with Crippen LogP contribution in [0.5, 0.6) is 0 Å². The number of hydrogen-bond acceptors (Lipinski definition) is 3. The molecule has 2 aliphatic rings. The Kier molecular flexibility index (Phi) is 3.49. The Morgan fingerprint density at radius 2 is 2.08 bits per heavy atom. The Morgan fingerprint density at radius 1 is 1.29 bits per heavy atom. The zero-order valence-electron chi connectivity index (χ0n) is 13.7. The third kappa shape index (κ3) is 2.35. The van der Waals surface area contributed by atoms with Crippen LogP contribution < -0.4 is 5.32 Å². The molecule has 5 nitrogen and oxygen atoms in total. The summed E-state index contributed by atoms with van der Waals surface area (Å²) in [4.78, 5) is 0. The highest BCUT2D eigenvalue weighted by Gasteiger charge is 2.38. The van der Waals surface area contributed by atoms with Gasteiger partial charge in [-0.2, -0.15) is 23.4 Å². The van der Waals surface area contributed by atoms with Crippen LogP contribution in [0.15, 0.2) is 6.07 Å². The van der Waals surface area contributed by atoms with Crippen molar-refractivity contribution in [1.29, 1.82) is 0 Å². The van der Waals surface area contributed by atoms with Crippen LogP contribution in [0.25, 0.3) is 11.4 Å². The Hall–Kier alpha value is -1.83. The number of alkyl halides is 3. The zero-order valence-corrected chi connectivity index (χ0v) is 13.7. The molecule has 2 atom stereocenters. The molecule has 130 valence electrons. The Labute approximate surface area is 137 Å². The fraction of sp³-hybridized carbons (Fsp3) is 0.625. The van der Waals surface area contributed by atoms with Gasteiger partial charge in [-0.1, -0.05) is 0 Å². The van der Waals surface area contributed by atoms with Gasteiger partial charge < -0.3 is 5.32 Å². The molecule has 0 radical (unpaired) electrons. The third-order valence-corrected chi connectivity index (χ3v) is 5.05. The van der Waals surface area contributed by atoms with Crippen molar-refractivity contribution in [2.45, 2.75) is 57.4 Å². The Morgan fingerprint density at radius 3 is 2.79 bits per heavy atom. The number of nitrogens with one attached hydrogen (secondary N) is 1. The predicted octanol–water partition coefficient (Wildman–Crippen LogP) is 3.06. The number of nitrogens with zero attached hydrogens (tertiary/aromatic N) is 4. The van der Waals surface area contributed by atoms with E-state index in [-0.39, 0.29) is 6.04 Å². The molecule has 4 rings (SSSR count). The lowest BCUT2D eigenvalue weighted by atomic mass is 9.84. The van der Waals surface area contributed by atoms with Crippen LogP contribution in [0.1, 0.15) is 49.2 Å². The van der Waals surface area contributed by atoms with Crippen molar-refractivity contribution in [2.24, 2.45) is 7.05 Å². The van der Waals surface area contributed by atoms with E-state index in [9.17, 15) is 13.2 Å². The summed E-state index contributed by atoms with van der Waals surface area (Å²) in [5.41, 5.74) is 2.49. The fourth-order valence-electron chi connectivity index (χ4n) is 4.02. The maximum absolute atomic E-state index is 13.1. The number of aryl methyl sites for hydroxylation is 2. The molecular weight excluding hydrogens is 319 g/mol. The van der Waals surface area contributed by atoms with E-state index in [4.69, 9.17) is 0 Å². The van der Waals surface area contributed by atoms with E-state index in [1.807, 2.05) is 0 Å². The summed E-state index contributed by atoms with van der Waals surface area (Å²) >= 11 is 0. The van der Waals surface area contributed by atoms with Crippen molar-refractivity contribution in [1.82, 2.24) is 24.9 Å². The first-order valence-electron chi connectivity index (χ1n) is 8.35. The second-order valence-electron chi connectivity index (χ2n) is 6.62. The second-order valence-corrected chi connectivity index (χ2v) is 6.62. The normalized spacial score (nSPS) is 23.4. The molecule has 0 unspecified atom stereocenters. The molecule has 1 fully saturated rings. The summed E-state index contributed by atoms with van der Waals surface area (Å²) in [5.74, 6) is 0. The Balaban J connectivity index is 1.86. The minimum Gasteiger partial charge on any atom is -0.305 e. The van der Waals surface area contributed by atoms with Crippen molar-refractivity contribution < 1.29 is 13.2 Å². The lowest BCUT2D eigenvalue weighted by molar-refractivity contribution is -0.141. The Bertz CT molecular complexity index is 774. The smallest absolute Gasteiger partial charge is 0.305 e. The second kappa shape index (κ2) is 5.34. The summed E-state index contributed by atoms with van der Waals surface area (Å²) in [5, 5.41) is 12.0. The number of rotatable bonds is 2. The molecular formula is C16H20F3N5. The van der Waals surface area contributed by atoms with E-state index in [2.05, 4.69) is 15.5 Å². The molecule has 2 aromatic rings. The minimum absolute atomic E-state index is 0.215. The highest BCUT2D eigenvalue weighted by molar-refractivity contribution is 5.63. The van der Waals surface area contributed by atoms with Crippen LogP contribution in [0.4, 0.5) is 13.2 Å². The number of halogens is 3. The van der Waals surface area contributed by atoms with Gasteiger partial charge in [-0.05, 0) is 38.7 Å². The van der Waals surface area contributed by atoms with Gasteiger partial charge in [0.1, 0.15) is 0 Å². The molecule has 0 spiro atoms. The summed E-state index contributed by atoms with van der Waals surface area (Å²) < 4.78 is 42.4. The van der Waals surface area contributed by atoms with E-state index in [1.54, 1.807) is 18.7 Å². The van der Waals surface area contributed by atoms with Crippen molar-refractivity contribution in [3.63, 3.8) is 0 Å². The van der Waals surface area contributed by atoms with Gasteiger partial charge in [-0.25, -0.2) is 0 Å². The van der Waals surface area contributed by atoms with Crippen LogP contribution in [0.3, 0.4) is 0 Å². The van der Waals surface area contributed by atoms with E-state index in [0.29, 0.717) is 18.3 Å². The number of hydrogen-bond donors (Lipinski definition) is 1. The molecule has 2 bridgehead atoms. The van der Waals surface area contributed by atoms with Crippen molar-refractivity contribution in [3.8, 4) is 11.4 Å². The molecule has 0 aromatic carbocycles. The number of aromatic nitrogens is 4. The number of piperidine rings is 1. The SMILES string of the molecule is CCn1nc(C(F)(F)F)cc1-c1c2c(nn1C)[C@@H]1CCC[C@H](C2)N1. The van der Waals surface area contributed by atoms with E-state index in [0.717, 1.165) is 42.3 Å².